The number of hydrogen-bond acceptors (Lipinski definition) is 3. The van der Waals surface area contributed by atoms with Gasteiger partial charge in [0.25, 0.3) is 5.91 Å². The fourth-order valence-electron chi connectivity index (χ4n) is 2.39. The standard InChI is InChI=1S/C16H20N4O/c1-11-14(16(21)18-9-15(17)12-7-8-12)10-20(19-11)13-5-3-2-4-6-13/h2-6,10,12,15H,7-9,17H2,1H3,(H,18,21). The lowest BCUT2D eigenvalue weighted by Crippen LogP contribution is -2.38. The van der Waals surface area contributed by atoms with Crippen LogP contribution in [0, 0.1) is 12.8 Å². The highest BCUT2D eigenvalue weighted by Crippen LogP contribution is 2.31. The molecule has 1 unspecified atom stereocenters. The van der Waals surface area contributed by atoms with E-state index in [9.17, 15) is 4.79 Å². The molecule has 1 aliphatic carbocycles. The van der Waals surface area contributed by atoms with Gasteiger partial charge in [0.05, 0.1) is 16.9 Å². The lowest BCUT2D eigenvalue weighted by molar-refractivity contribution is 0.0949. The van der Waals surface area contributed by atoms with Gasteiger partial charge in [0.15, 0.2) is 0 Å². The van der Waals surface area contributed by atoms with Gasteiger partial charge in [-0.25, -0.2) is 4.68 Å². The van der Waals surface area contributed by atoms with Gasteiger partial charge >= 0.3 is 0 Å². The Hall–Kier alpha value is -2.14. The second-order valence-corrected chi connectivity index (χ2v) is 5.62. The molecule has 3 N–H and O–H groups in total. The highest BCUT2D eigenvalue weighted by atomic mass is 16.1. The number of rotatable bonds is 5. The van der Waals surface area contributed by atoms with Crippen LogP contribution in [0.1, 0.15) is 28.9 Å². The van der Waals surface area contributed by atoms with E-state index in [1.165, 1.54) is 12.8 Å². The van der Waals surface area contributed by atoms with Crippen molar-refractivity contribution in [3.63, 3.8) is 0 Å². The van der Waals surface area contributed by atoms with Gasteiger partial charge in [-0.2, -0.15) is 5.10 Å². The normalized spacial score (nSPS) is 15.7. The third-order valence-corrected chi connectivity index (χ3v) is 3.89. The minimum Gasteiger partial charge on any atom is -0.350 e. The van der Waals surface area contributed by atoms with Gasteiger partial charge in [-0.05, 0) is 37.8 Å². The number of hydrogen-bond donors (Lipinski definition) is 2. The van der Waals surface area contributed by atoms with E-state index in [0.29, 0.717) is 18.0 Å². The van der Waals surface area contributed by atoms with Gasteiger partial charge in [-0.1, -0.05) is 18.2 Å². The Bertz CT molecular complexity index is 631. The van der Waals surface area contributed by atoms with Crippen LogP contribution < -0.4 is 11.1 Å². The molecule has 5 nitrogen and oxygen atoms in total. The maximum Gasteiger partial charge on any atom is 0.254 e. The zero-order valence-corrected chi connectivity index (χ0v) is 12.1. The third-order valence-electron chi connectivity index (χ3n) is 3.89. The van der Waals surface area contributed by atoms with Gasteiger partial charge in [-0.15, -0.1) is 0 Å². The number of para-hydroxylation sites is 1. The molecule has 0 spiro atoms. The quantitative estimate of drug-likeness (QED) is 0.877. The highest BCUT2D eigenvalue weighted by molar-refractivity contribution is 5.95. The molecule has 1 aromatic carbocycles. The first kappa shape index (κ1) is 13.8. The van der Waals surface area contributed by atoms with Crippen molar-refractivity contribution >= 4 is 5.91 Å². The number of nitrogens with two attached hydrogens (primary N) is 1. The molecule has 21 heavy (non-hydrogen) atoms. The summed E-state index contributed by atoms with van der Waals surface area (Å²) in [6.45, 7) is 2.37. The maximum absolute atomic E-state index is 12.2. The van der Waals surface area contributed by atoms with E-state index in [1.54, 1.807) is 10.9 Å². The van der Waals surface area contributed by atoms with Crippen molar-refractivity contribution in [2.75, 3.05) is 6.54 Å². The van der Waals surface area contributed by atoms with Crippen molar-refractivity contribution in [3.8, 4) is 5.69 Å². The molecule has 1 fully saturated rings. The molecule has 110 valence electrons. The lowest BCUT2D eigenvalue weighted by Gasteiger charge is -2.10. The van der Waals surface area contributed by atoms with E-state index < -0.39 is 0 Å². The van der Waals surface area contributed by atoms with Crippen LogP contribution in [0.3, 0.4) is 0 Å². The van der Waals surface area contributed by atoms with Gasteiger partial charge in [-0.3, -0.25) is 4.79 Å². The Kier molecular flexibility index (Phi) is 3.75. The molecule has 2 aromatic rings. The van der Waals surface area contributed by atoms with Crippen LogP contribution in [-0.2, 0) is 0 Å². The average Bonchev–Trinajstić information content (AvgIpc) is 3.28. The van der Waals surface area contributed by atoms with E-state index in [2.05, 4.69) is 10.4 Å². The number of carbonyl (C=O) groups excluding carboxylic acids is 1. The molecule has 1 heterocycles. The smallest absolute Gasteiger partial charge is 0.254 e. The van der Waals surface area contributed by atoms with Crippen LogP contribution in [0.4, 0.5) is 0 Å². The molecular formula is C16H20N4O. The summed E-state index contributed by atoms with van der Waals surface area (Å²) in [5, 5.41) is 7.31. The van der Waals surface area contributed by atoms with Gasteiger partial charge < -0.3 is 11.1 Å². The summed E-state index contributed by atoms with van der Waals surface area (Å²) in [4.78, 5) is 12.2. The van der Waals surface area contributed by atoms with Crippen molar-refractivity contribution in [2.45, 2.75) is 25.8 Å². The monoisotopic (exact) mass is 284 g/mol. The number of benzene rings is 1. The van der Waals surface area contributed by atoms with E-state index in [4.69, 9.17) is 5.73 Å². The second-order valence-electron chi connectivity index (χ2n) is 5.62. The largest absolute Gasteiger partial charge is 0.350 e. The molecule has 0 bridgehead atoms. The summed E-state index contributed by atoms with van der Waals surface area (Å²) in [5.74, 6) is 0.476. The highest BCUT2D eigenvalue weighted by Gasteiger charge is 2.28. The van der Waals surface area contributed by atoms with Crippen molar-refractivity contribution < 1.29 is 4.79 Å². The van der Waals surface area contributed by atoms with Gasteiger partial charge in [0, 0.05) is 18.8 Å². The van der Waals surface area contributed by atoms with E-state index in [0.717, 1.165) is 11.4 Å². The summed E-state index contributed by atoms with van der Waals surface area (Å²) < 4.78 is 1.73. The number of aromatic nitrogens is 2. The molecule has 0 radical (unpaired) electrons. The number of nitrogens with one attached hydrogen (secondary N) is 1. The number of nitrogens with zero attached hydrogens (tertiary/aromatic N) is 2. The zero-order valence-electron chi connectivity index (χ0n) is 12.1. The maximum atomic E-state index is 12.2. The molecule has 3 rings (SSSR count). The van der Waals surface area contributed by atoms with E-state index >= 15 is 0 Å². The molecule has 1 atom stereocenters. The number of aryl methyl sites for hydroxylation is 1. The fraction of sp³-hybridized carbons (Fsp3) is 0.375. The Morgan fingerprint density at radius 2 is 2.14 bits per heavy atom. The van der Waals surface area contributed by atoms with Crippen LogP contribution in [0.25, 0.3) is 5.69 Å². The summed E-state index contributed by atoms with van der Waals surface area (Å²) in [6.07, 6.45) is 4.13. The molecule has 1 amide bonds. The number of carbonyl (C=O) groups is 1. The topological polar surface area (TPSA) is 72.9 Å². The first-order valence-electron chi connectivity index (χ1n) is 7.30. The summed E-state index contributed by atoms with van der Waals surface area (Å²) in [6, 6.07) is 9.82. The zero-order chi connectivity index (χ0) is 14.8. The third kappa shape index (κ3) is 3.13. The van der Waals surface area contributed by atoms with Crippen molar-refractivity contribution in [2.24, 2.45) is 11.7 Å². The number of amides is 1. The average molecular weight is 284 g/mol. The van der Waals surface area contributed by atoms with Crippen molar-refractivity contribution in [1.82, 2.24) is 15.1 Å². The van der Waals surface area contributed by atoms with Crippen molar-refractivity contribution in [3.05, 3.63) is 47.8 Å². The van der Waals surface area contributed by atoms with Crippen LogP contribution in [0.5, 0.6) is 0 Å². The Morgan fingerprint density at radius 3 is 2.81 bits per heavy atom. The minimum absolute atomic E-state index is 0.0680. The van der Waals surface area contributed by atoms with E-state index in [-0.39, 0.29) is 11.9 Å². The SMILES string of the molecule is Cc1nn(-c2ccccc2)cc1C(=O)NCC(N)C1CC1. The summed E-state index contributed by atoms with van der Waals surface area (Å²) in [5.41, 5.74) is 8.26. The van der Waals surface area contributed by atoms with Crippen LogP contribution in [0.15, 0.2) is 36.5 Å². The fourth-order valence-corrected chi connectivity index (χ4v) is 2.39. The Balaban J connectivity index is 1.70. The second kappa shape index (κ2) is 5.69. The summed E-state index contributed by atoms with van der Waals surface area (Å²) in [7, 11) is 0. The first-order valence-corrected chi connectivity index (χ1v) is 7.30. The predicted molar refractivity (Wildman–Crippen MR) is 81.3 cm³/mol. The molecular weight excluding hydrogens is 264 g/mol. The van der Waals surface area contributed by atoms with Gasteiger partial charge in [0.1, 0.15) is 0 Å². The minimum atomic E-state index is -0.106. The van der Waals surface area contributed by atoms with Gasteiger partial charge in [0.2, 0.25) is 0 Å². The molecule has 1 aromatic heterocycles. The van der Waals surface area contributed by atoms with Crippen LogP contribution in [-0.4, -0.2) is 28.3 Å². The molecule has 0 saturated heterocycles. The molecule has 5 heteroatoms. The summed E-state index contributed by atoms with van der Waals surface area (Å²) >= 11 is 0. The molecule has 1 saturated carbocycles. The Labute approximate surface area is 124 Å². The van der Waals surface area contributed by atoms with E-state index in [1.807, 2.05) is 37.3 Å². The Morgan fingerprint density at radius 1 is 1.43 bits per heavy atom. The molecule has 1 aliphatic rings. The van der Waals surface area contributed by atoms with Crippen molar-refractivity contribution in [1.29, 1.82) is 0 Å². The lowest BCUT2D eigenvalue weighted by atomic mass is 10.2. The van der Waals surface area contributed by atoms with Crippen LogP contribution in [0.2, 0.25) is 0 Å². The van der Waals surface area contributed by atoms with Crippen LogP contribution >= 0.6 is 0 Å². The predicted octanol–water partition coefficient (Wildman–Crippen LogP) is 1.65. The molecule has 0 aliphatic heterocycles. The first-order chi connectivity index (χ1) is 10.1.